The van der Waals surface area contributed by atoms with E-state index >= 15 is 0 Å². The summed E-state index contributed by atoms with van der Waals surface area (Å²) in [6.45, 7) is 5.56. The Hall–Kier alpha value is -0.550. The second-order valence-electron chi connectivity index (χ2n) is 5.20. The summed E-state index contributed by atoms with van der Waals surface area (Å²) in [6.07, 6.45) is 0.399. The van der Waals surface area contributed by atoms with Gasteiger partial charge < -0.3 is 10.1 Å². The number of ether oxygens (including phenoxy) is 1. The van der Waals surface area contributed by atoms with Gasteiger partial charge in [0.05, 0.1) is 6.04 Å². The Balaban J connectivity index is 2.79. The minimum Gasteiger partial charge on any atom is -0.444 e. The Labute approximate surface area is 131 Å². The molecule has 1 rings (SSSR count). The average molecular weight is 393 g/mol. The van der Waals surface area contributed by atoms with Crippen molar-refractivity contribution >= 4 is 38.0 Å². The standard InChI is InChI=1S/C14H19Br2NO2/c1-14(2,3)19-13(18)17-12(8-9-15)10-6-4-5-7-11(10)16/h4-7,12H,8-9H2,1-3H3,(H,17,18). The number of halogens is 2. The molecular weight excluding hydrogens is 374 g/mol. The predicted octanol–water partition coefficient (Wildman–Crippen LogP) is 4.80. The molecule has 1 aromatic rings. The summed E-state index contributed by atoms with van der Waals surface area (Å²) in [5.74, 6) is 0. The van der Waals surface area contributed by atoms with Crippen molar-refractivity contribution < 1.29 is 9.53 Å². The molecule has 0 saturated heterocycles. The van der Waals surface area contributed by atoms with E-state index in [2.05, 4.69) is 37.2 Å². The Morgan fingerprint density at radius 3 is 2.53 bits per heavy atom. The highest BCUT2D eigenvalue weighted by Crippen LogP contribution is 2.26. The van der Waals surface area contributed by atoms with Crippen molar-refractivity contribution in [1.82, 2.24) is 5.32 Å². The second-order valence-corrected chi connectivity index (χ2v) is 6.85. The summed E-state index contributed by atoms with van der Waals surface area (Å²) in [7, 11) is 0. The zero-order valence-electron chi connectivity index (χ0n) is 11.4. The van der Waals surface area contributed by atoms with Gasteiger partial charge in [-0.2, -0.15) is 0 Å². The summed E-state index contributed by atoms with van der Waals surface area (Å²) in [6, 6.07) is 7.79. The van der Waals surface area contributed by atoms with Crippen LogP contribution in [0.1, 0.15) is 38.8 Å². The van der Waals surface area contributed by atoms with E-state index in [1.54, 1.807) is 0 Å². The number of nitrogens with one attached hydrogen (secondary N) is 1. The molecule has 1 atom stereocenters. The number of alkyl carbamates (subject to hydrolysis) is 1. The summed E-state index contributed by atoms with van der Waals surface area (Å²) in [5.41, 5.74) is 0.560. The van der Waals surface area contributed by atoms with Gasteiger partial charge in [0, 0.05) is 9.80 Å². The summed E-state index contributed by atoms with van der Waals surface area (Å²) in [5, 5.41) is 3.71. The van der Waals surface area contributed by atoms with Gasteiger partial charge in [0.25, 0.3) is 0 Å². The zero-order valence-corrected chi connectivity index (χ0v) is 14.5. The summed E-state index contributed by atoms with van der Waals surface area (Å²) < 4.78 is 6.28. The SMILES string of the molecule is CC(C)(C)OC(=O)NC(CCBr)c1ccccc1Br. The van der Waals surface area contributed by atoms with Gasteiger partial charge in [-0.3, -0.25) is 0 Å². The molecule has 0 aliphatic carbocycles. The fourth-order valence-corrected chi connectivity index (χ4v) is 2.64. The number of benzene rings is 1. The van der Waals surface area contributed by atoms with Crippen molar-refractivity contribution in [3.05, 3.63) is 34.3 Å². The molecule has 5 heteroatoms. The number of hydrogen-bond acceptors (Lipinski definition) is 2. The fraction of sp³-hybridized carbons (Fsp3) is 0.500. The largest absolute Gasteiger partial charge is 0.444 e. The van der Waals surface area contributed by atoms with Crippen molar-refractivity contribution in [3.63, 3.8) is 0 Å². The quantitative estimate of drug-likeness (QED) is 0.747. The topological polar surface area (TPSA) is 38.3 Å². The van der Waals surface area contributed by atoms with Crippen LogP contribution in [0.2, 0.25) is 0 Å². The molecule has 106 valence electrons. The van der Waals surface area contributed by atoms with Crippen molar-refractivity contribution in [2.45, 2.75) is 38.8 Å². The van der Waals surface area contributed by atoms with Crippen LogP contribution in [0, 0.1) is 0 Å². The van der Waals surface area contributed by atoms with E-state index < -0.39 is 11.7 Å². The monoisotopic (exact) mass is 391 g/mol. The number of amides is 1. The van der Waals surface area contributed by atoms with Gasteiger partial charge in [-0.05, 0) is 38.8 Å². The van der Waals surface area contributed by atoms with Gasteiger partial charge in [0.15, 0.2) is 0 Å². The van der Waals surface area contributed by atoms with Crippen LogP contribution in [0.3, 0.4) is 0 Å². The molecule has 0 saturated carbocycles. The van der Waals surface area contributed by atoms with Gasteiger partial charge in [-0.1, -0.05) is 50.1 Å². The summed E-state index contributed by atoms with van der Waals surface area (Å²) >= 11 is 6.93. The van der Waals surface area contributed by atoms with Crippen LogP contribution in [-0.4, -0.2) is 17.0 Å². The van der Waals surface area contributed by atoms with E-state index in [0.717, 1.165) is 21.8 Å². The summed E-state index contributed by atoms with van der Waals surface area (Å²) in [4.78, 5) is 11.9. The molecule has 0 aliphatic rings. The van der Waals surface area contributed by atoms with Crippen LogP contribution in [0.4, 0.5) is 4.79 Å². The van der Waals surface area contributed by atoms with Crippen LogP contribution < -0.4 is 5.32 Å². The molecule has 0 aliphatic heterocycles. The highest BCUT2D eigenvalue weighted by molar-refractivity contribution is 9.10. The third-order valence-corrected chi connectivity index (χ3v) is 3.55. The second kappa shape index (κ2) is 7.29. The normalized spacial score (nSPS) is 12.9. The average Bonchev–Trinajstić information content (AvgIpc) is 2.26. The minimum absolute atomic E-state index is 0.0789. The molecular formula is C14H19Br2NO2. The van der Waals surface area contributed by atoms with E-state index in [-0.39, 0.29) is 6.04 Å². The fourth-order valence-electron chi connectivity index (χ4n) is 1.62. The zero-order chi connectivity index (χ0) is 14.5. The van der Waals surface area contributed by atoms with E-state index in [1.165, 1.54) is 0 Å². The lowest BCUT2D eigenvalue weighted by Crippen LogP contribution is -2.35. The van der Waals surface area contributed by atoms with Crippen LogP contribution in [-0.2, 0) is 4.74 Å². The lowest BCUT2D eigenvalue weighted by atomic mass is 10.1. The molecule has 0 heterocycles. The van der Waals surface area contributed by atoms with E-state index in [0.29, 0.717) is 0 Å². The van der Waals surface area contributed by atoms with Crippen molar-refractivity contribution in [2.75, 3.05) is 5.33 Å². The molecule has 0 spiro atoms. The lowest BCUT2D eigenvalue weighted by Gasteiger charge is -2.24. The maximum Gasteiger partial charge on any atom is 0.408 e. The van der Waals surface area contributed by atoms with Crippen molar-refractivity contribution in [2.24, 2.45) is 0 Å². The molecule has 3 nitrogen and oxygen atoms in total. The third kappa shape index (κ3) is 5.95. The molecule has 1 amide bonds. The first-order valence-corrected chi connectivity index (χ1v) is 8.05. The molecule has 19 heavy (non-hydrogen) atoms. The number of rotatable bonds is 4. The minimum atomic E-state index is -0.489. The Morgan fingerprint density at radius 2 is 2.00 bits per heavy atom. The Morgan fingerprint density at radius 1 is 1.37 bits per heavy atom. The van der Waals surface area contributed by atoms with Gasteiger partial charge >= 0.3 is 6.09 Å². The first-order valence-electron chi connectivity index (χ1n) is 6.13. The molecule has 0 aromatic heterocycles. The Bertz CT molecular complexity index is 430. The maximum absolute atomic E-state index is 11.9. The molecule has 0 radical (unpaired) electrons. The van der Waals surface area contributed by atoms with Gasteiger partial charge in [0.1, 0.15) is 5.60 Å². The van der Waals surface area contributed by atoms with Crippen molar-refractivity contribution in [3.8, 4) is 0 Å². The van der Waals surface area contributed by atoms with Crippen LogP contribution >= 0.6 is 31.9 Å². The van der Waals surface area contributed by atoms with Gasteiger partial charge in [-0.15, -0.1) is 0 Å². The number of alkyl halides is 1. The van der Waals surface area contributed by atoms with Crippen molar-refractivity contribution in [1.29, 1.82) is 0 Å². The predicted molar refractivity (Wildman–Crippen MR) is 84.7 cm³/mol. The van der Waals surface area contributed by atoms with E-state index in [1.807, 2.05) is 45.0 Å². The number of carbonyl (C=O) groups excluding carboxylic acids is 1. The molecule has 0 bridgehead atoms. The van der Waals surface area contributed by atoms with E-state index in [4.69, 9.17) is 4.74 Å². The maximum atomic E-state index is 11.9. The van der Waals surface area contributed by atoms with Crippen LogP contribution in [0.15, 0.2) is 28.7 Å². The molecule has 1 unspecified atom stereocenters. The lowest BCUT2D eigenvalue weighted by molar-refractivity contribution is 0.0502. The number of hydrogen-bond donors (Lipinski definition) is 1. The first kappa shape index (κ1) is 16.5. The molecule has 1 N–H and O–H groups in total. The van der Waals surface area contributed by atoms with Crippen LogP contribution in [0.25, 0.3) is 0 Å². The first-order chi connectivity index (χ1) is 8.83. The highest BCUT2D eigenvalue weighted by atomic mass is 79.9. The Kier molecular flexibility index (Phi) is 6.33. The third-order valence-electron chi connectivity index (χ3n) is 2.37. The molecule has 0 fully saturated rings. The molecule has 1 aromatic carbocycles. The smallest absolute Gasteiger partial charge is 0.408 e. The van der Waals surface area contributed by atoms with E-state index in [9.17, 15) is 4.79 Å². The highest BCUT2D eigenvalue weighted by Gasteiger charge is 2.21. The number of carbonyl (C=O) groups is 1. The van der Waals surface area contributed by atoms with Gasteiger partial charge in [0.2, 0.25) is 0 Å². The van der Waals surface area contributed by atoms with Gasteiger partial charge in [-0.25, -0.2) is 4.79 Å². The van der Waals surface area contributed by atoms with Crippen LogP contribution in [0.5, 0.6) is 0 Å².